The highest BCUT2D eigenvalue weighted by atomic mass is 31.2. The Balaban J connectivity index is 1.19. The molecule has 0 unspecified atom stereocenters. The monoisotopic (exact) mass is 575 g/mol. The van der Waals surface area contributed by atoms with E-state index in [0.717, 1.165) is 50.3 Å². The van der Waals surface area contributed by atoms with Crippen molar-refractivity contribution in [3.05, 3.63) is 143 Å². The van der Waals surface area contributed by atoms with Crippen molar-refractivity contribution in [1.29, 1.82) is 0 Å². The quantitative estimate of drug-likeness (QED) is 0.182. The van der Waals surface area contributed by atoms with Crippen molar-refractivity contribution in [2.24, 2.45) is 0 Å². The second-order valence-corrected chi connectivity index (χ2v) is 14.0. The van der Waals surface area contributed by atoms with Gasteiger partial charge in [-0.2, -0.15) is 0 Å². The minimum absolute atomic E-state index is 0.00902. The molecule has 4 heteroatoms. The Kier molecular flexibility index (Phi) is 5.04. The van der Waals surface area contributed by atoms with Gasteiger partial charge in [-0.05, 0) is 92.7 Å². The summed E-state index contributed by atoms with van der Waals surface area (Å²) in [5.74, 6) is 2.04. The summed E-state index contributed by atoms with van der Waals surface area (Å²) in [5.41, 5.74) is 11.1. The van der Waals surface area contributed by atoms with Crippen LogP contribution in [0.4, 0.5) is 0 Å². The molecule has 10 rings (SSSR count). The van der Waals surface area contributed by atoms with Gasteiger partial charge in [-0.25, -0.2) is 4.67 Å². The molecule has 0 N–H and O–H groups in total. The van der Waals surface area contributed by atoms with Crippen molar-refractivity contribution in [2.75, 3.05) is 0 Å². The highest BCUT2D eigenvalue weighted by Crippen LogP contribution is 2.62. The molecule has 2 heterocycles. The molecule has 0 fully saturated rings. The summed E-state index contributed by atoms with van der Waals surface area (Å²) >= 11 is 0. The highest BCUT2D eigenvalue weighted by molar-refractivity contribution is 7.45. The first-order valence-corrected chi connectivity index (χ1v) is 16.6. The summed E-state index contributed by atoms with van der Waals surface area (Å²) in [6.45, 7) is 1.51. The van der Waals surface area contributed by atoms with Crippen LogP contribution in [0.1, 0.15) is 46.2 Å². The average molecular weight is 576 g/mol. The van der Waals surface area contributed by atoms with Gasteiger partial charge in [0.05, 0.1) is 0 Å². The molecule has 43 heavy (non-hydrogen) atoms. The lowest BCUT2D eigenvalue weighted by Crippen LogP contribution is -2.27. The van der Waals surface area contributed by atoms with Gasteiger partial charge in [0, 0.05) is 29.6 Å². The second kappa shape index (κ2) is 8.92. The van der Waals surface area contributed by atoms with Gasteiger partial charge in [0.1, 0.15) is 11.5 Å². The van der Waals surface area contributed by atoms with E-state index in [1.54, 1.807) is 0 Å². The SMILES string of the molecule is c1cc2c3c(c1)OP(N1Cc4ccc5ccccc5c4-c4c(ccc5ccccc45)C1)Oc1cccc4c1C3(CC2)CC4. The van der Waals surface area contributed by atoms with Crippen LogP contribution in [-0.4, -0.2) is 4.67 Å². The first kappa shape index (κ1) is 24.3. The number of hydrogen-bond acceptors (Lipinski definition) is 3. The third-order valence-corrected chi connectivity index (χ3v) is 11.8. The molecule has 0 amide bonds. The maximum atomic E-state index is 7.10. The summed E-state index contributed by atoms with van der Waals surface area (Å²) in [5, 5.41) is 5.15. The highest BCUT2D eigenvalue weighted by Gasteiger charge is 2.50. The van der Waals surface area contributed by atoms with Crippen molar-refractivity contribution in [3.8, 4) is 22.6 Å². The van der Waals surface area contributed by atoms with E-state index in [1.165, 1.54) is 66.1 Å². The fraction of sp³-hybridized carbons (Fsp3) is 0.179. The third kappa shape index (κ3) is 3.38. The molecule has 208 valence electrons. The number of nitrogens with zero attached hydrogens (tertiary/aromatic N) is 1. The number of aryl methyl sites for hydroxylation is 2. The van der Waals surface area contributed by atoms with Crippen LogP contribution < -0.4 is 9.05 Å². The van der Waals surface area contributed by atoms with E-state index in [2.05, 4.69) is 114 Å². The average Bonchev–Trinajstić information content (AvgIpc) is 3.55. The van der Waals surface area contributed by atoms with Crippen LogP contribution in [0.25, 0.3) is 32.7 Å². The van der Waals surface area contributed by atoms with Crippen molar-refractivity contribution in [1.82, 2.24) is 4.67 Å². The van der Waals surface area contributed by atoms with E-state index in [9.17, 15) is 0 Å². The fourth-order valence-electron chi connectivity index (χ4n) is 8.61. The Hall–Kier alpha value is -4.17. The van der Waals surface area contributed by atoms with Gasteiger partial charge in [0.15, 0.2) is 0 Å². The topological polar surface area (TPSA) is 21.7 Å². The first-order chi connectivity index (χ1) is 21.3. The molecule has 6 aromatic carbocycles. The van der Waals surface area contributed by atoms with Crippen LogP contribution in [0.2, 0.25) is 0 Å². The summed E-state index contributed by atoms with van der Waals surface area (Å²) in [6.07, 6.45) is 4.48. The standard InChI is InChI=1S/C39H30NO2P/c1-3-11-31-25(7-1)15-17-29-23-40(24-30-18-16-26-8-2-4-12-32(26)36(30)35(29)31)43-41-33-13-5-9-27-19-21-39(37(27)33)22-20-28-10-6-14-34(42-43)38(28)39/h1-18H,19-24H2. The van der Waals surface area contributed by atoms with Crippen LogP contribution in [0.15, 0.2) is 109 Å². The molecule has 0 bridgehead atoms. The van der Waals surface area contributed by atoms with Gasteiger partial charge in [-0.3, -0.25) is 0 Å². The minimum Gasteiger partial charge on any atom is -0.427 e. The van der Waals surface area contributed by atoms with Gasteiger partial charge in [-0.1, -0.05) is 97.1 Å². The predicted molar refractivity (Wildman–Crippen MR) is 175 cm³/mol. The second-order valence-electron chi connectivity index (χ2n) is 12.5. The van der Waals surface area contributed by atoms with Crippen LogP contribution in [0.5, 0.6) is 11.5 Å². The Labute approximate surface area is 252 Å². The zero-order chi connectivity index (χ0) is 28.1. The van der Waals surface area contributed by atoms with E-state index in [-0.39, 0.29) is 5.41 Å². The van der Waals surface area contributed by atoms with Crippen molar-refractivity contribution in [3.63, 3.8) is 0 Å². The Bertz CT molecular complexity index is 1980. The summed E-state index contributed by atoms with van der Waals surface area (Å²) in [7, 11) is -1.44. The van der Waals surface area contributed by atoms with Gasteiger partial charge in [0.2, 0.25) is 0 Å². The predicted octanol–water partition coefficient (Wildman–Crippen LogP) is 9.85. The van der Waals surface area contributed by atoms with E-state index < -0.39 is 8.53 Å². The number of benzene rings is 6. The van der Waals surface area contributed by atoms with Gasteiger partial charge >= 0.3 is 8.53 Å². The van der Waals surface area contributed by atoms with Crippen LogP contribution >= 0.6 is 8.53 Å². The molecule has 2 aliphatic carbocycles. The molecule has 6 aromatic rings. The maximum absolute atomic E-state index is 7.10. The molecular formula is C39H30NO2P. The molecule has 2 aliphatic heterocycles. The van der Waals surface area contributed by atoms with E-state index >= 15 is 0 Å². The molecule has 4 aliphatic rings. The van der Waals surface area contributed by atoms with Gasteiger partial charge < -0.3 is 9.05 Å². The van der Waals surface area contributed by atoms with Crippen molar-refractivity contribution >= 4 is 30.1 Å². The van der Waals surface area contributed by atoms with E-state index in [4.69, 9.17) is 9.05 Å². The molecule has 0 saturated heterocycles. The zero-order valence-electron chi connectivity index (χ0n) is 23.8. The normalized spacial score (nSPS) is 18.0. The Morgan fingerprint density at radius 1 is 0.512 bits per heavy atom. The van der Waals surface area contributed by atoms with E-state index in [0.29, 0.717) is 0 Å². The van der Waals surface area contributed by atoms with Gasteiger partial charge in [0.25, 0.3) is 0 Å². The van der Waals surface area contributed by atoms with Crippen LogP contribution in [-0.2, 0) is 31.3 Å². The Morgan fingerprint density at radius 2 is 1.02 bits per heavy atom. The molecule has 1 spiro atoms. The number of hydrogen-bond donors (Lipinski definition) is 0. The molecular weight excluding hydrogens is 545 g/mol. The zero-order valence-corrected chi connectivity index (χ0v) is 24.7. The number of fused-ring (bicyclic) bond motifs is 7. The number of rotatable bonds is 1. The van der Waals surface area contributed by atoms with Crippen molar-refractivity contribution in [2.45, 2.75) is 44.2 Å². The Morgan fingerprint density at radius 3 is 1.56 bits per heavy atom. The molecule has 0 radical (unpaired) electrons. The lowest BCUT2D eigenvalue weighted by molar-refractivity contribution is 0.331. The lowest BCUT2D eigenvalue weighted by Gasteiger charge is -2.36. The van der Waals surface area contributed by atoms with Gasteiger partial charge in [-0.15, -0.1) is 0 Å². The summed E-state index contributed by atoms with van der Waals surface area (Å²) in [4.78, 5) is 0. The van der Waals surface area contributed by atoms with E-state index in [1.807, 2.05) is 0 Å². The van der Waals surface area contributed by atoms with Crippen molar-refractivity contribution < 1.29 is 9.05 Å². The lowest BCUT2D eigenvalue weighted by atomic mass is 9.76. The molecule has 0 aromatic heterocycles. The van der Waals surface area contributed by atoms with Crippen LogP contribution in [0.3, 0.4) is 0 Å². The molecule has 3 nitrogen and oxygen atoms in total. The summed E-state index contributed by atoms with van der Waals surface area (Å²) < 4.78 is 16.7. The first-order valence-electron chi connectivity index (χ1n) is 15.4. The maximum Gasteiger partial charge on any atom is 0.385 e. The third-order valence-electron chi connectivity index (χ3n) is 10.4. The molecule has 0 saturated carbocycles. The fourth-order valence-corrected chi connectivity index (χ4v) is 10.1. The molecule has 0 atom stereocenters. The smallest absolute Gasteiger partial charge is 0.385 e. The largest absolute Gasteiger partial charge is 0.427 e. The minimum atomic E-state index is -1.44. The summed E-state index contributed by atoms with van der Waals surface area (Å²) in [6, 6.07) is 40.2. The van der Waals surface area contributed by atoms with Crippen LogP contribution in [0, 0.1) is 0 Å².